The van der Waals surface area contributed by atoms with Gasteiger partial charge in [-0.1, -0.05) is 0 Å². The van der Waals surface area contributed by atoms with Gasteiger partial charge in [-0.3, -0.25) is 4.79 Å². The summed E-state index contributed by atoms with van der Waals surface area (Å²) in [6.07, 6.45) is -5.22. The molecule has 0 bridgehead atoms. The van der Waals surface area contributed by atoms with E-state index in [1.165, 1.54) is 6.26 Å². The number of amides is 1. The maximum absolute atomic E-state index is 11.5. The van der Waals surface area contributed by atoms with Crippen LogP contribution in [0.25, 0.3) is 0 Å². The average Bonchev–Trinajstić information content (AvgIpc) is 2.54. The molecule has 0 aromatic carbocycles. The number of aliphatic hydroxyl groups excluding tert-OH is 4. The van der Waals surface area contributed by atoms with Crippen LogP contribution in [0, 0.1) is 0 Å². The van der Waals surface area contributed by atoms with Crippen LogP contribution in [0.15, 0.2) is 0 Å². The van der Waals surface area contributed by atoms with E-state index in [1.807, 2.05) is 0 Å². The highest BCUT2D eigenvalue weighted by Gasteiger charge is 2.54. The van der Waals surface area contributed by atoms with E-state index < -0.39 is 60.8 Å². The normalized spacial score (nSPS) is 35.3. The lowest BCUT2D eigenvalue weighted by Crippen LogP contribution is -2.66. The highest BCUT2D eigenvalue weighted by molar-refractivity contribution is 8.00. The van der Waals surface area contributed by atoms with Gasteiger partial charge < -0.3 is 35.6 Å². The zero-order valence-electron chi connectivity index (χ0n) is 12.9. The van der Waals surface area contributed by atoms with Gasteiger partial charge in [0.1, 0.15) is 18.3 Å². The molecule has 0 radical (unpaired) electrons. The van der Waals surface area contributed by atoms with Gasteiger partial charge in [0.15, 0.2) is 0 Å². The maximum Gasteiger partial charge on any atom is 0.346 e. The Morgan fingerprint density at radius 2 is 2.18 bits per heavy atom. The van der Waals surface area contributed by atoms with Crippen molar-refractivity contribution in [3.8, 4) is 0 Å². The number of aliphatic hydroxyl groups is 4. The first-order valence-electron chi connectivity index (χ1n) is 7.13. The number of carboxylic acid groups (broad SMARTS) is 1. The van der Waals surface area contributed by atoms with Gasteiger partial charge in [-0.15, -0.1) is 11.8 Å². The third-order valence-electron chi connectivity index (χ3n) is 3.47. The number of aliphatic carboxylic acids is 1. The summed E-state index contributed by atoms with van der Waals surface area (Å²) >= 11 is 0.785. The van der Waals surface area contributed by atoms with E-state index in [9.17, 15) is 30.0 Å². The molecular formula is C12H21NO8S. The summed E-state index contributed by atoms with van der Waals surface area (Å²) in [6.45, 7) is -1.46. The Balaban J connectivity index is 3.14. The summed E-state index contributed by atoms with van der Waals surface area (Å²) in [5.41, 5.74) is 0. The van der Waals surface area contributed by atoms with Crippen LogP contribution in [0.2, 0.25) is 0 Å². The zero-order valence-corrected chi connectivity index (χ0v) is 12.7. The highest BCUT2D eigenvalue weighted by Crippen LogP contribution is 2.38. The Bertz CT molecular complexity index is 441. The van der Waals surface area contributed by atoms with E-state index in [2.05, 4.69) is 5.32 Å². The summed E-state index contributed by atoms with van der Waals surface area (Å²) in [5.74, 6) is -2.15. The van der Waals surface area contributed by atoms with E-state index in [1.54, 1.807) is 0 Å². The number of thioether (sulfide) groups is 1. The number of ether oxygens (including phenoxy) is 1. The number of carbonyl (C=O) groups is 2. The minimum atomic E-state index is -1.87. The molecule has 10 heteroatoms. The van der Waals surface area contributed by atoms with E-state index >= 15 is 0 Å². The number of hydrogen-bond acceptors (Lipinski definition) is 8. The third kappa shape index (κ3) is 3.89. The fourth-order valence-electron chi connectivity index (χ4n) is 2.29. The Morgan fingerprint density at radius 3 is 2.64 bits per heavy atom. The van der Waals surface area contributed by atoms with Crippen LogP contribution in [-0.2, 0) is 14.3 Å². The second-order valence-electron chi connectivity index (χ2n) is 4.95. The average molecular weight is 340 g/mol. The maximum atomic E-state index is 11.5. The lowest BCUT2D eigenvalue weighted by molar-refractivity contribution is -0.205. The van der Waals surface area contributed by atoms with Gasteiger partial charge in [-0.25, -0.2) is 4.79 Å². The summed E-state index contributed by atoms with van der Waals surface area (Å²) in [4.78, 5) is 21.0. The van der Waals surface area contributed by atoms with Crippen LogP contribution in [0.4, 0.5) is 0 Å². The molecule has 0 aromatic heterocycles. The van der Waals surface area contributed by atoms with Crippen molar-refractivity contribution in [1.29, 1.82) is 0 Å². The van der Waals surface area contributed by atoms with Crippen molar-refractivity contribution in [3.63, 3.8) is 0 Å². The molecule has 1 heterocycles. The molecule has 0 aromatic rings. The minimum Gasteiger partial charge on any atom is -0.478 e. The smallest absolute Gasteiger partial charge is 0.346 e. The van der Waals surface area contributed by atoms with Crippen molar-refractivity contribution in [3.05, 3.63) is 0 Å². The van der Waals surface area contributed by atoms with Crippen molar-refractivity contribution >= 4 is 23.6 Å². The standard InChI is InChI=1S/C12H21NO8S/c1-5(15)13-8-6(16)3-12(22-2,11(19)20)21-10(8)9(18)7(17)4-14/h6-10,14,16-18H,3-4H2,1-2H3,(H,13,15)(H,19,20)/t6-,7+,8+,9+,10+,12?/m0/s1/i1D. The zero-order chi connectivity index (χ0) is 17.8. The second kappa shape index (κ2) is 7.57. The predicted octanol–water partition coefficient (Wildman–Crippen LogP) is -2.50. The SMILES string of the molecule is [2H]CC(=O)N[C@H]1[C@H]([C@H](O)[C@H](O)CO)OC(SC)(C(=O)O)C[C@@H]1O. The first-order valence-corrected chi connectivity index (χ1v) is 7.65. The van der Waals surface area contributed by atoms with Gasteiger partial charge in [0.2, 0.25) is 10.8 Å². The van der Waals surface area contributed by atoms with Crippen LogP contribution >= 0.6 is 11.8 Å². The Hall–Kier alpha value is -0.910. The molecule has 1 aliphatic rings. The van der Waals surface area contributed by atoms with E-state index in [-0.39, 0.29) is 6.42 Å². The summed E-state index contributed by atoms with van der Waals surface area (Å²) in [6, 6.07) is -1.23. The quantitative estimate of drug-likeness (QED) is 0.307. The Morgan fingerprint density at radius 1 is 1.55 bits per heavy atom. The summed E-state index contributed by atoms with van der Waals surface area (Å²) in [7, 11) is 0. The van der Waals surface area contributed by atoms with Gasteiger partial charge in [-0.2, -0.15) is 0 Å². The third-order valence-corrected chi connectivity index (χ3v) is 4.57. The number of carbonyl (C=O) groups excluding carboxylic acids is 1. The first kappa shape index (κ1) is 17.4. The topological polar surface area (TPSA) is 157 Å². The number of rotatable bonds is 6. The Labute approximate surface area is 132 Å². The van der Waals surface area contributed by atoms with Crippen LogP contribution in [-0.4, -0.2) is 85.7 Å². The van der Waals surface area contributed by atoms with Crippen LogP contribution in [0.3, 0.4) is 0 Å². The fraction of sp³-hybridized carbons (Fsp3) is 0.833. The highest BCUT2D eigenvalue weighted by atomic mass is 32.2. The summed E-state index contributed by atoms with van der Waals surface area (Å²) < 4.78 is 12.4. The van der Waals surface area contributed by atoms with Crippen molar-refractivity contribution in [1.82, 2.24) is 5.32 Å². The minimum absolute atomic E-state index is 0.370. The molecule has 0 saturated carbocycles. The molecule has 1 amide bonds. The first-order chi connectivity index (χ1) is 10.7. The molecule has 1 unspecified atom stereocenters. The van der Waals surface area contributed by atoms with E-state index in [0.29, 0.717) is 0 Å². The molecule has 0 aliphatic carbocycles. The van der Waals surface area contributed by atoms with Crippen molar-refractivity contribution in [2.24, 2.45) is 0 Å². The van der Waals surface area contributed by atoms with E-state index in [0.717, 1.165) is 11.8 Å². The number of hydrogen-bond donors (Lipinski definition) is 6. The summed E-state index contributed by atoms with van der Waals surface area (Å²) in [5, 5.41) is 50.5. The van der Waals surface area contributed by atoms with Gasteiger partial charge in [0.05, 0.1) is 18.8 Å². The molecule has 1 fully saturated rings. The van der Waals surface area contributed by atoms with Crippen molar-refractivity contribution < 1.29 is 41.2 Å². The monoisotopic (exact) mass is 340 g/mol. The lowest BCUT2D eigenvalue weighted by Gasteiger charge is -2.46. The lowest BCUT2D eigenvalue weighted by atomic mass is 9.90. The van der Waals surface area contributed by atoms with Gasteiger partial charge >= 0.3 is 5.97 Å². The molecule has 0 spiro atoms. The fourth-order valence-corrected chi connectivity index (χ4v) is 3.01. The largest absolute Gasteiger partial charge is 0.478 e. The predicted molar refractivity (Wildman–Crippen MR) is 76.1 cm³/mol. The molecule has 1 saturated heterocycles. The molecular weight excluding hydrogens is 318 g/mol. The second-order valence-corrected chi connectivity index (χ2v) is 6.02. The van der Waals surface area contributed by atoms with Crippen molar-refractivity contribution in [2.75, 3.05) is 12.9 Å². The van der Waals surface area contributed by atoms with Gasteiger partial charge in [0.25, 0.3) is 0 Å². The van der Waals surface area contributed by atoms with E-state index in [4.69, 9.17) is 11.2 Å². The molecule has 22 heavy (non-hydrogen) atoms. The van der Waals surface area contributed by atoms with Gasteiger partial charge in [0, 0.05) is 14.7 Å². The molecule has 6 N–H and O–H groups in total. The molecule has 128 valence electrons. The molecule has 9 nitrogen and oxygen atoms in total. The molecule has 6 atom stereocenters. The van der Waals surface area contributed by atoms with Gasteiger partial charge in [-0.05, 0) is 6.26 Å². The molecule has 1 rings (SSSR count). The number of carboxylic acids is 1. The van der Waals surface area contributed by atoms with Crippen molar-refractivity contribution in [2.45, 2.75) is 48.7 Å². The number of nitrogens with one attached hydrogen (secondary N) is 1. The van der Waals surface area contributed by atoms with Crippen LogP contribution < -0.4 is 5.32 Å². The molecule has 1 aliphatic heterocycles. The Kier molecular flexibility index (Phi) is 6.01. The van der Waals surface area contributed by atoms with Crippen LogP contribution in [0.5, 0.6) is 0 Å². The van der Waals surface area contributed by atoms with Crippen LogP contribution in [0.1, 0.15) is 14.7 Å².